The van der Waals surface area contributed by atoms with Gasteiger partial charge in [0.25, 0.3) is 0 Å². The summed E-state index contributed by atoms with van der Waals surface area (Å²) in [5.41, 5.74) is 3.08. The zero-order valence-electron chi connectivity index (χ0n) is 8.86. The van der Waals surface area contributed by atoms with Gasteiger partial charge in [0.15, 0.2) is 0 Å². The fourth-order valence-corrected chi connectivity index (χ4v) is 1.82. The van der Waals surface area contributed by atoms with Gasteiger partial charge in [0.1, 0.15) is 11.9 Å². The van der Waals surface area contributed by atoms with Gasteiger partial charge in [0.2, 0.25) is 0 Å². The molecule has 0 aromatic heterocycles. The molecule has 1 aromatic rings. The summed E-state index contributed by atoms with van der Waals surface area (Å²) in [6.07, 6.45) is 3.18. The van der Waals surface area contributed by atoms with Gasteiger partial charge in [-0.2, -0.15) is 0 Å². The lowest BCUT2D eigenvalue weighted by Gasteiger charge is -2.23. The Morgan fingerprint density at radius 1 is 1.47 bits per heavy atom. The van der Waals surface area contributed by atoms with Gasteiger partial charge in [-0.3, -0.25) is 0 Å². The van der Waals surface area contributed by atoms with Gasteiger partial charge in [-0.05, 0) is 24.6 Å². The minimum absolute atomic E-state index is 0.0239. The predicted molar refractivity (Wildman–Crippen MR) is 57.7 cm³/mol. The van der Waals surface area contributed by atoms with E-state index >= 15 is 0 Å². The van der Waals surface area contributed by atoms with E-state index in [0.29, 0.717) is 0 Å². The molecule has 0 bridgehead atoms. The number of rotatable bonds is 2. The zero-order valence-corrected chi connectivity index (χ0v) is 8.86. The molecule has 0 radical (unpaired) electrons. The van der Waals surface area contributed by atoms with E-state index in [1.54, 1.807) is 13.4 Å². The smallest absolute Gasteiger partial charge is 0.146 e. The summed E-state index contributed by atoms with van der Waals surface area (Å²) in [6, 6.07) is 3.99. The topological polar surface area (TPSA) is 38.7 Å². The molecule has 0 amide bonds. The molecule has 0 fully saturated rings. The van der Waals surface area contributed by atoms with Crippen molar-refractivity contribution in [3.63, 3.8) is 0 Å². The van der Waals surface area contributed by atoms with Gasteiger partial charge in [0.05, 0.1) is 20.0 Å². The van der Waals surface area contributed by atoms with Crippen molar-refractivity contribution in [2.24, 2.45) is 0 Å². The summed E-state index contributed by atoms with van der Waals surface area (Å²) in [5.74, 6) is 0.822. The summed E-state index contributed by atoms with van der Waals surface area (Å²) in [4.78, 5) is 0. The number of hydrogen-bond donors (Lipinski definition) is 1. The van der Waals surface area contributed by atoms with Crippen molar-refractivity contribution >= 4 is 6.08 Å². The molecule has 3 nitrogen and oxygen atoms in total. The van der Waals surface area contributed by atoms with Crippen LogP contribution in [0.25, 0.3) is 6.08 Å². The monoisotopic (exact) mass is 206 g/mol. The number of methoxy groups -OCH3 is 1. The van der Waals surface area contributed by atoms with E-state index in [1.165, 1.54) is 0 Å². The van der Waals surface area contributed by atoms with Gasteiger partial charge in [0, 0.05) is 11.1 Å². The average Bonchev–Trinajstić information content (AvgIpc) is 2.27. The Labute approximate surface area is 88.9 Å². The first-order chi connectivity index (χ1) is 7.26. The highest BCUT2D eigenvalue weighted by Gasteiger charge is 2.20. The lowest BCUT2D eigenvalue weighted by molar-refractivity contribution is 0.0757. The third kappa shape index (κ3) is 1.70. The Morgan fingerprint density at radius 3 is 2.93 bits per heavy atom. The third-order valence-corrected chi connectivity index (χ3v) is 2.53. The highest BCUT2D eigenvalue weighted by Crippen LogP contribution is 2.34. The lowest BCUT2D eigenvalue weighted by atomic mass is 9.97. The second kappa shape index (κ2) is 3.95. The van der Waals surface area contributed by atoms with E-state index in [2.05, 4.69) is 0 Å². The van der Waals surface area contributed by atoms with Crippen LogP contribution in [0.3, 0.4) is 0 Å². The van der Waals surface area contributed by atoms with E-state index in [9.17, 15) is 5.11 Å². The first-order valence-electron chi connectivity index (χ1n) is 4.87. The van der Waals surface area contributed by atoms with Crippen molar-refractivity contribution in [3.8, 4) is 5.75 Å². The molecule has 1 aromatic carbocycles. The molecule has 1 heterocycles. The fraction of sp³-hybridized carbons (Fsp3) is 0.333. The Balaban J connectivity index is 2.57. The summed E-state index contributed by atoms with van der Waals surface area (Å²) in [7, 11) is 1.65. The van der Waals surface area contributed by atoms with Crippen molar-refractivity contribution < 1.29 is 14.6 Å². The fourth-order valence-electron chi connectivity index (χ4n) is 1.82. The minimum Gasteiger partial charge on any atom is -0.496 e. The highest BCUT2D eigenvalue weighted by atomic mass is 16.5. The van der Waals surface area contributed by atoms with Crippen molar-refractivity contribution in [3.05, 3.63) is 35.1 Å². The maximum atomic E-state index is 9.19. The maximum Gasteiger partial charge on any atom is 0.146 e. The van der Waals surface area contributed by atoms with Gasteiger partial charge < -0.3 is 14.6 Å². The van der Waals surface area contributed by atoms with E-state index < -0.39 is 0 Å². The molecule has 1 aliphatic heterocycles. The highest BCUT2D eigenvalue weighted by molar-refractivity contribution is 5.63. The Morgan fingerprint density at radius 2 is 2.27 bits per heavy atom. The molecule has 15 heavy (non-hydrogen) atoms. The quantitative estimate of drug-likeness (QED) is 0.804. The van der Waals surface area contributed by atoms with Gasteiger partial charge in [-0.1, -0.05) is 6.07 Å². The van der Waals surface area contributed by atoms with E-state index in [0.717, 1.165) is 22.4 Å². The number of aliphatic hydroxyl groups excluding tert-OH is 1. The van der Waals surface area contributed by atoms with Crippen LogP contribution in [0.15, 0.2) is 18.4 Å². The molecule has 0 spiro atoms. The van der Waals surface area contributed by atoms with Crippen molar-refractivity contribution in [2.45, 2.75) is 13.0 Å². The number of benzene rings is 1. The van der Waals surface area contributed by atoms with Crippen LogP contribution in [0.1, 0.15) is 22.8 Å². The van der Waals surface area contributed by atoms with Crippen LogP contribution >= 0.6 is 0 Å². The number of aryl methyl sites for hydroxylation is 1. The molecule has 0 saturated heterocycles. The van der Waals surface area contributed by atoms with Crippen molar-refractivity contribution in [1.82, 2.24) is 0 Å². The van der Waals surface area contributed by atoms with E-state index in [4.69, 9.17) is 9.47 Å². The van der Waals surface area contributed by atoms with Crippen LogP contribution in [0, 0.1) is 6.92 Å². The van der Waals surface area contributed by atoms with Crippen LogP contribution in [0.2, 0.25) is 0 Å². The molecule has 3 heteroatoms. The van der Waals surface area contributed by atoms with Crippen LogP contribution in [-0.4, -0.2) is 18.8 Å². The largest absolute Gasteiger partial charge is 0.496 e. The summed E-state index contributed by atoms with van der Waals surface area (Å²) < 4.78 is 10.6. The number of hydrogen-bond acceptors (Lipinski definition) is 3. The Bertz CT molecular complexity index is 396. The van der Waals surface area contributed by atoms with Crippen LogP contribution < -0.4 is 4.74 Å². The molecule has 2 rings (SSSR count). The van der Waals surface area contributed by atoms with Crippen molar-refractivity contribution in [2.75, 3.05) is 13.7 Å². The normalized spacial score (nSPS) is 18.2. The van der Waals surface area contributed by atoms with E-state index in [-0.39, 0.29) is 12.7 Å². The van der Waals surface area contributed by atoms with Crippen LogP contribution in [0.4, 0.5) is 0 Å². The number of aliphatic hydroxyl groups is 1. The molecule has 1 aliphatic rings. The molecule has 1 atom stereocenters. The SMILES string of the molecule is COc1cc(C)cc2c1C=COC2CO. The molecule has 80 valence electrons. The van der Waals surface area contributed by atoms with Gasteiger partial charge in [-0.25, -0.2) is 0 Å². The first kappa shape index (κ1) is 10.1. The molecule has 0 saturated carbocycles. The van der Waals surface area contributed by atoms with Gasteiger partial charge in [-0.15, -0.1) is 0 Å². The van der Waals surface area contributed by atoms with E-state index in [1.807, 2.05) is 25.1 Å². The zero-order chi connectivity index (χ0) is 10.8. The second-order valence-electron chi connectivity index (χ2n) is 3.58. The second-order valence-corrected chi connectivity index (χ2v) is 3.58. The molecule has 1 unspecified atom stereocenters. The third-order valence-electron chi connectivity index (χ3n) is 2.53. The first-order valence-corrected chi connectivity index (χ1v) is 4.87. The summed E-state index contributed by atoms with van der Waals surface area (Å²) in [5, 5.41) is 9.19. The van der Waals surface area contributed by atoms with Gasteiger partial charge >= 0.3 is 0 Å². The Hall–Kier alpha value is -1.48. The van der Waals surface area contributed by atoms with Crippen LogP contribution in [0.5, 0.6) is 5.75 Å². The molecule has 0 aliphatic carbocycles. The Kier molecular flexibility index (Phi) is 2.64. The maximum absolute atomic E-state index is 9.19. The minimum atomic E-state index is -0.279. The number of ether oxygens (including phenoxy) is 2. The number of fused-ring (bicyclic) bond motifs is 1. The summed E-state index contributed by atoms with van der Waals surface area (Å²) in [6.45, 7) is 1.97. The molecular weight excluding hydrogens is 192 g/mol. The van der Waals surface area contributed by atoms with Crippen molar-refractivity contribution in [1.29, 1.82) is 0 Å². The summed E-state index contributed by atoms with van der Waals surface area (Å²) >= 11 is 0. The van der Waals surface area contributed by atoms with Crippen LogP contribution in [-0.2, 0) is 4.74 Å². The molecule has 1 N–H and O–H groups in total. The molecular formula is C12H14O3. The lowest BCUT2D eigenvalue weighted by Crippen LogP contribution is -2.11. The average molecular weight is 206 g/mol. The standard InChI is InChI=1S/C12H14O3/c1-8-5-10-9(11(6-8)14-2)3-4-15-12(10)7-13/h3-6,12-13H,7H2,1-2H3. The predicted octanol–water partition coefficient (Wildman–Crippen LogP) is 2.04.